The van der Waals surface area contributed by atoms with Crippen molar-refractivity contribution in [2.45, 2.75) is 31.3 Å². The highest BCUT2D eigenvalue weighted by molar-refractivity contribution is 7.98. The summed E-state index contributed by atoms with van der Waals surface area (Å²) in [4.78, 5) is 0. The minimum absolute atomic E-state index is 0.710. The van der Waals surface area contributed by atoms with Crippen molar-refractivity contribution in [2.24, 2.45) is 0 Å². The van der Waals surface area contributed by atoms with Gasteiger partial charge in [0.25, 0.3) is 0 Å². The average Bonchev–Trinajstić information content (AvgIpc) is 2.96. The highest BCUT2D eigenvalue weighted by Gasteiger charge is 2.13. The molecule has 0 fully saturated rings. The second-order valence-corrected chi connectivity index (χ2v) is 6.72. The van der Waals surface area contributed by atoms with Gasteiger partial charge in [-0.05, 0) is 31.5 Å². The number of halogens is 1. The molecular weight excluding hydrogens is 326 g/mol. The molecule has 23 heavy (non-hydrogen) atoms. The van der Waals surface area contributed by atoms with Crippen LogP contribution < -0.4 is 0 Å². The predicted octanol–water partition coefficient (Wildman–Crippen LogP) is 5.22. The number of rotatable bonds is 5. The van der Waals surface area contributed by atoms with E-state index in [1.165, 1.54) is 11.1 Å². The maximum Gasteiger partial charge on any atom is 0.191 e. The summed E-state index contributed by atoms with van der Waals surface area (Å²) in [5, 5.41) is 10.4. The van der Waals surface area contributed by atoms with Crippen LogP contribution in [-0.4, -0.2) is 14.8 Å². The van der Waals surface area contributed by atoms with Crippen LogP contribution in [-0.2, 0) is 12.3 Å². The van der Waals surface area contributed by atoms with E-state index in [9.17, 15) is 0 Å². The van der Waals surface area contributed by atoms with Crippen molar-refractivity contribution in [2.75, 3.05) is 0 Å². The lowest BCUT2D eigenvalue weighted by molar-refractivity contribution is 0.687. The molecule has 0 amide bonds. The molecule has 3 nitrogen and oxygen atoms in total. The number of hydrogen-bond acceptors (Lipinski definition) is 3. The Morgan fingerprint density at radius 1 is 1.09 bits per heavy atom. The van der Waals surface area contributed by atoms with Crippen LogP contribution >= 0.6 is 23.4 Å². The molecule has 3 rings (SSSR count). The molecule has 0 aliphatic heterocycles. The fourth-order valence-electron chi connectivity index (χ4n) is 2.47. The van der Waals surface area contributed by atoms with Crippen molar-refractivity contribution in [3.63, 3.8) is 0 Å². The molecule has 1 heterocycles. The molecule has 0 unspecified atom stereocenters. The van der Waals surface area contributed by atoms with Gasteiger partial charge >= 0.3 is 0 Å². The van der Waals surface area contributed by atoms with E-state index in [0.717, 1.165) is 28.8 Å². The van der Waals surface area contributed by atoms with E-state index in [4.69, 9.17) is 11.6 Å². The minimum atomic E-state index is 0.710. The molecule has 0 saturated heterocycles. The third-order valence-corrected chi connectivity index (χ3v) is 4.84. The van der Waals surface area contributed by atoms with Crippen LogP contribution in [0, 0.1) is 6.92 Å². The number of aryl methyl sites for hydroxylation is 1. The topological polar surface area (TPSA) is 30.7 Å². The average molecular weight is 344 g/mol. The summed E-state index contributed by atoms with van der Waals surface area (Å²) in [6.45, 7) is 5.04. The molecule has 3 aromatic rings. The Kier molecular flexibility index (Phi) is 5.03. The van der Waals surface area contributed by atoms with E-state index < -0.39 is 0 Å². The Bertz CT molecular complexity index is 814. The highest BCUT2D eigenvalue weighted by atomic mass is 35.5. The summed E-state index contributed by atoms with van der Waals surface area (Å²) in [6, 6.07) is 16.3. The van der Waals surface area contributed by atoms with Crippen molar-refractivity contribution in [1.82, 2.24) is 14.8 Å². The lowest BCUT2D eigenvalue weighted by Gasteiger charge is -2.08. The van der Waals surface area contributed by atoms with Gasteiger partial charge < -0.3 is 4.57 Å². The smallest absolute Gasteiger partial charge is 0.191 e. The second kappa shape index (κ2) is 7.20. The Labute approximate surface area is 145 Å². The standard InChI is InChI=1S/C18H18ClN3S/c1-3-22-17(15-8-5-9-16(19)11-15)20-21-18(22)23-12-14-7-4-6-13(2)10-14/h4-11H,3,12H2,1-2H3. The Morgan fingerprint density at radius 2 is 1.91 bits per heavy atom. The SMILES string of the molecule is CCn1c(SCc2cccc(C)c2)nnc1-c1cccc(Cl)c1. The van der Waals surface area contributed by atoms with E-state index >= 15 is 0 Å². The van der Waals surface area contributed by atoms with Gasteiger partial charge in [0, 0.05) is 22.9 Å². The normalized spacial score (nSPS) is 10.9. The fourth-order valence-corrected chi connectivity index (χ4v) is 3.61. The van der Waals surface area contributed by atoms with E-state index in [1.807, 2.05) is 24.3 Å². The van der Waals surface area contributed by atoms with Gasteiger partial charge in [0.15, 0.2) is 11.0 Å². The molecular formula is C18H18ClN3S. The Balaban J connectivity index is 1.84. The number of benzene rings is 2. The molecule has 0 spiro atoms. The van der Waals surface area contributed by atoms with Crippen LogP contribution in [0.1, 0.15) is 18.1 Å². The van der Waals surface area contributed by atoms with Gasteiger partial charge in [-0.2, -0.15) is 0 Å². The number of hydrogen-bond donors (Lipinski definition) is 0. The molecule has 2 aromatic carbocycles. The van der Waals surface area contributed by atoms with E-state index in [-0.39, 0.29) is 0 Å². The summed E-state index contributed by atoms with van der Waals surface area (Å²) in [7, 11) is 0. The fraction of sp³-hybridized carbons (Fsp3) is 0.222. The quantitative estimate of drug-likeness (QED) is 0.595. The van der Waals surface area contributed by atoms with Gasteiger partial charge in [0.2, 0.25) is 0 Å². The third-order valence-electron chi connectivity index (χ3n) is 3.57. The van der Waals surface area contributed by atoms with Crippen LogP contribution in [0.4, 0.5) is 0 Å². The van der Waals surface area contributed by atoms with Crippen molar-refractivity contribution < 1.29 is 0 Å². The molecule has 0 atom stereocenters. The van der Waals surface area contributed by atoms with Crippen molar-refractivity contribution in [3.05, 3.63) is 64.7 Å². The summed E-state index contributed by atoms with van der Waals surface area (Å²) < 4.78 is 2.13. The van der Waals surface area contributed by atoms with Gasteiger partial charge in [0.1, 0.15) is 0 Å². The highest BCUT2D eigenvalue weighted by Crippen LogP contribution is 2.27. The Morgan fingerprint density at radius 3 is 2.65 bits per heavy atom. The summed E-state index contributed by atoms with van der Waals surface area (Å²) in [5.74, 6) is 1.75. The van der Waals surface area contributed by atoms with Gasteiger partial charge in [-0.1, -0.05) is 65.3 Å². The zero-order valence-corrected chi connectivity index (χ0v) is 14.7. The van der Waals surface area contributed by atoms with Crippen LogP contribution in [0.25, 0.3) is 11.4 Å². The number of nitrogens with zero attached hydrogens (tertiary/aromatic N) is 3. The lowest BCUT2D eigenvalue weighted by atomic mass is 10.2. The van der Waals surface area contributed by atoms with Crippen LogP contribution in [0.15, 0.2) is 53.7 Å². The predicted molar refractivity (Wildman–Crippen MR) is 96.9 cm³/mol. The maximum atomic E-state index is 6.09. The van der Waals surface area contributed by atoms with Gasteiger partial charge in [-0.15, -0.1) is 10.2 Å². The summed E-state index contributed by atoms with van der Waals surface area (Å²) in [5.41, 5.74) is 3.57. The van der Waals surface area contributed by atoms with Crippen LogP contribution in [0.5, 0.6) is 0 Å². The molecule has 0 saturated carbocycles. The van der Waals surface area contributed by atoms with Crippen molar-refractivity contribution in [1.29, 1.82) is 0 Å². The van der Waals surface area contributed by atoms with Gasteiger partial charge in [-0.3, -0.25) is 0 Å². The van der Waals surface area contributed by atoms with E-state index in [1.54, 1.807) is 11.8 Å². The molecule has 118 valence electrons. The maximum absolute atomic E-state index is 6.09. The second-order valence-electron chi connectivity index (χ2n) is 5.34. The van der Waals surface area contributed by atoms with Crippen LogP contribution in [0.2, 0.25) is 5.02 Å². The molecule has 1 aromatic heterocycles. The van der Waals surface area contributed by atoms with Crippen molar-refractivity contribution in [3.8, 4) is 11.4 Å². The summed E-state index contributed by atoms with van der Waals surface area (Å²) >= 11 is 7.80. The number of aromatic nitrogens is 3. The van der Waals surface area contributed by atoms with Gasteiger partial charge in [-0.25, -0.2) is 0 Å². The minimum Gasteiger partial charge on any atom is -0.302 e. The van der Waals surface area contributed by atoms with Crippen LogP contribution in [0.3, 0.4) is 0 Å². The zero-order chi connectivity index (χ0) is 16.2. The number of thioether (sulfide) groups is 1. The van der Waals surface area contributed by atoms with Crippen molar-refractivity contribution >= 4 is 23.4 Å². The molecule has 0 aliphatic carbocycles. The molecule has 5 heteroatoms. The first-order valence-corrected chi connectivity index (χ1v) is 8.91. The Hall–Kier alpha value is -1.78. The first kappa shape index (κ1) is 16.1. The monoisotopic (exact) mass is 343 g/mol. The molecule has 0 bridgehead atoms. The zero-order valence-electron chi connectivity index (χ0n) is 13.2. The lowest BCUT2D eigenvalue weighted by Crippen LogP contribution is -1.99. The summed E-state index contributed by atoms with van der Waals surface area (Å²) in [6.07, 6.45) is 0. The first-order chi connectivity index (χ1) is 11.2. The van der Waals surface area contributed by atoms with E-state index in [0.29, 0.717) is 5.02 Å². The first-order valence-electron chi connectivity index (χ1n) is 7.55. The molecule has 0 aliphatic rings. The third kappa shape index (κ3) is 3.77. The van der Waals surface area contributed by atoms with Gasteiger partial charge in [0.05, 0.1) is 0 Å². The van der Waals surface area contributed by atoms with E-state index in [2.05, 4.69) is 52.9 Å². The molecule has 0 radical (unpaired) electrons. The molecule has 0 N–H and O–H groups in total. The largest absolute Gasteiger partial charge is 0.302 e.